The number of ether oxygens (including phenoxy) is 2. The fourth-order valence-corrected chi connectivity index (χ4v) is 2.42. The van der Waals surface area contributed by atoms with Crippen molar-refractivity contribution < 1.29 is 14.3 Å². The average molecular weight is 370 g/mol. The number of rotatable bonds is 2. The topological polar surface area (TPSA) is 60.5 Å². The van der Waals surface area contributed by atoms with Crippen molar-refractivity contribution in [3.8, 4) is 11.5 Å². The van der Waals surface area contributed by atoms with Crippen LogP contribution in [0.25, 0.3) is 0 Å². The van der Waals surface area contributed by atoms with Crippen LogP contribution in [0.5, 0.6) is 11.5 Å². The van der Waals surface area contributed by atoms with E-state index in [0.29, 0.717) is 40.4 Å². The van der Waals surface area contributed by atoms with Crippen LogP contribution in [0.15, 0.2) is 34.9 Å². The van der Waals surface area contributed by atoms with E-state index in [4.69, 9.17) is 21.1 Å². The summed E-state index contributed by atoms with van der Waals surface area (Å²) in [4.78, 5) is 16.2. The maximum absolute atomic E-state index is 12.2. The minimum atomic E-state index is -0.342. The van der Waals surface area contributed by atoms with Crippen molar-refractivity contribution in [3.05, 3.63) is 45.7 Å². The molecule has 108 valence electrons. The molecule has 0 unspecified atom stereocenters. The number of hydrogen-bond donors (Lipinski definition) is 1. The van der Waals surface area contributed by atoms with E-state index >= 15 is 0 Å². The van der Waals surface area contributed by atoms with Crippen LogP contribution in [0.4, 0.5) is 5.69 Å². The molecule has 2 heterocycles. The lowest BCUT2D eigenvalue weighted by Crippen LogP contribution is -2.16. The number of pyridine rings is 1. The summed E-state index contributed by atoms with van der Waals surface area (Å²) in [6.07, 6.45) is 1.53. The van der Waals surface area contributed by atoms with Crippen LogP contribution in [-0.2, 0) is 0 Å². The highest BCUT2D eigenvalue weighted by atomic mass is 79.9. The summed E-state index contributed by atoms with van der Waals surface area (Å²) in [5, 5.41) is 2.90. The van der Waals surface area contributed by atoms with E-state index < -0.39 is 0 Å². The van der Waals surface area contributed by atoms with Gasteiger partial charge in [-0.2, -0.15) is 0 Å². The Hall–Kier alpha value is -1.79. The van der Waals surface area contributed by atoms with E-state index in [9.17, 15) is 4.79 Å². The first kappa shape index (κ1) is 14.2. The molecule has 0 radical (unpaired) electrons. The van der Waals surface area contributed by atoms with E-state index in [0.717, 1.165) is 0 Å². The molecule has 0 fully saturated rings. The summed E-state index contributed by atoms with van der Waals surface area (Å²) < 4.78 is 11.6. The maximum Gasteiger partial charge on any atom is 0.258 e. The largest absolute Gasteiger partial charge is 0.486 e. The number of aromatic nitrogens is 1. The minimum Gasteiger partial charge on any atom is -0.486 e. The van der Waals surface area contributed by atoms with Gasteiger partial charge in [-0.05, 0) is 34.1 Å². The van der Waals surface area contributed by atoms with Crippen LogP contribution in [0.1, 0.15) is 10.4 Å². The summed E-state index contributed by atoms with van der Waals surface area (Å²) >= 11 is 9.20. The summed E-state index contributed by atoms with van der Waals surface area (Å²) in [5.74, 6) is 0.935. The molecule has 1 aromatic heterocycles. The normalized spacial score (nSPS) is 12.9. The third kappa shape index (κ3) is 3.11. The quantitative estimate of drug-likeness (QED) is 0.823. The smallest absolute Gasteiger partial charge is 0.258 e. The van der Waals surface area contributed by atoms with Crippen molar-refractivity contribution in [2.24, 2.45) is 0 Å². The Labute approximate surface area is 134 Å². The molecule has 21 heavy (non-hydrogen) atoms. The zero-order chi connectivity index (χ0) is 14.8. The highest BCUT2D eigenvalue weighted by Gasteiger charge is 2.15. The van der Waals surface area contributed by atoms with Gasteiger partial charge in [0.05, 0.1) is 5.56 Å². The summed E-state index contributed by atoms with van der Waals surface area (Å²) in [7, 11) is 0. The summed E-state index contributed by atoms with van der Waals surface area (Å²) in [6, 6.07) is 6.82. The molecule has 1 amide bonds. The van der Waals surface area contributed by atoms with Gasteiger partial charge < -0.3 is 14.8 Å². The molecule has 0 bridgehead atoms. The molecule has 7 heteroatoms. The van der Waals surface area contributed by atoms with Gasteiger partial charge in [-0.3, -0.25) is 4.79 Å². The van der Waals surface area contributed by atoms with Gasteiger partial charge in [-0.15, -0.1) is 0 Å². The van der Waals surface area contributed by atoms with Crippen LogP contribution in [0.2, 0.25) is 5.15 Å². The van der Waals surface area contributed by atoms with Crippen LogP contribution in [0, 0.1) is 0 Å². The van der Waals surface area contributed by atoms with E-state index in [-0.39, 0.29) is 11.1 Å². The van der Waals surface area contributed by atoms with Crippen LogP contribution >= 0.6 is 27.5 Å². The van der Waals surface area contributed by atoms with Crippen LogP contribution < -0.4 is 14.8 Å². The Bertz CT molecular complexity index is 709. The van der Waals surface area contributed by atoms with Crippen molar-refractivity contribution in [1.29, 1.82) is 0 Å². The number of amides is 1. The molecule has 0 aliphatic carbocycles. The standard InChI is InChI=1S/C14H10BrClN2O3/c15-8-5-10(13(16)17-7-8)14(19)18-9-1-2-11-12(6-9)21-4-3-20-11/h1-2,5-7H,3-4H2,(H,18,19). The van der Waals surface area contributed by atoms with Crippen molar-refractivity contribution >= 4 is 39.1 Å². The molecule has 0 saturated carbocycles. The summed E-state index contributed by atoms with van der Waals surface area (Å²) in [5.41, 5.74) is 0.890. The lowest BCUT2D eigenvalue weighted by molar-refractivity contribution is 0.102. The molecule has 0 spiro atoms. The number of carbonyl (C=O) groups excluding carboxylic acids is 1. The Morgan fingerprint density at radius 2 is 2.00 bits per heavy atom. The van der Waals surface area contributed by atoms with E-state index in [1.807, 2.05) is 0 Å². The minimum absolute atomic E-state index is 0.147. The first-order valence-electron chi connectivity index (χ1n) is 6.15. The Morgan fingerprint density at radius 3 is 2.81 bits per heavy atom. The molecule has 0 saturated heterocycles. The van der Waals surface area contributed by atoms with Crippen molar-refractivity contribution in [3.63, 3.8) is 0 Å². The Balaban J connectivity index is 1.83. The third-order valence-electron chi connectivity index (χ3n) is 2.85. The summed E-state index contributed by atoms with van der Waals surface area (Å²) in [6.45, 7) is 1.02. The van der Waals surface area contributed by atoms with Crippen molar-refractivity contribution in [2.75, 3.05) is 18.5 Å². The van der Waals surface area contributed by atoms with E-state index in [1.165, 1.54) is 6.20 Å². The number of hydrogen-bond acceptors (Lipinski definition) is 4. The first-order chi connectivity index (χ1) is 10.1. The van der Waals surface area contributed by atoms with Crippen LogP contribution in [0.3, 0.4) is 0 Å². The number of anilines is 1. The van der Waals surface area contributed by atoms with Gasteiger partial charge in [0.1, 0.15) is 18.4 Å². The van der Waals surface area contributed by atoms with Gasteiger partial charge >= 0.3 is 0 Å². The second kappa shape index (κ2) is 5.91. The SMILES string of the molecule is O=C(Nc1ccc2c(c1)OCCO2)c1cc(Br)cnc1Cl. The molecule has 5 nitrogen and oxygen atoms in total. The number of nitrogens with one attached hydrogen (secondary N) is 1. The maximum atomic E-state index is 12.2. The highest BCUT2D eigenvalue weighted by Crippen LogP contribution is 2.32. The van der Waals surface area contributed by atoms with Gasteiger partial charge in [-0.25, -0.2) is 4.98 Å². The van der Waals surface area contributed by atoms with E-state index in [2.05, 4.69) is 26.2 Å². The Kier molecular flexibility index (Phi) is 3.98. The van der Waals surface area contributed by atoms with Gasteiger partial charge in [0, 0.05) is 22.4 Å². The first-order valence-corrected chi connectivity index (χ1v) is 7.32. The number of nitrogens with zero attached hydrogens (tertiary/aromatic N) is 1. The molecule has 3 rings (SSSR count). The third-order valence-corrected chi connectivity index (χ3v) is 3.59. The van der Waals surface area contributed by atoms with Crippen molar-refractivity contribution in [2.45, 2.75) is 0 Å². The average Bonchev–Trinajstić information content (AvgIpc) is 2.49. The lowest BCUT2D eigenvalue weighted by Gasteiger charge is -2.19. The van der Waals surface area contributed by atoms with Gasteiger partial charge in [-0.1, -0.05) is 11.6 Å². The fraction of sp³-hybridized carbons (Fsp3) is 0.143. The predicted octanol–water partition coefficient (Wildman–Crippen LogP) is 3.52. The lowest BCUT2D eigenvalue weighted by atomic mass is 10.2. The predicted molar refractivity (Wildman–Crippen MR) is 82.3 cm³/mol. The number of benzene rings is 1. The fourth-order valence-electron chi connectivity index (χ4n) is 1.90. The number of fused-ring (bicyclic) bond motifs is 1. The molecular weight excluding hydrogens is 360 g/mol. The zero-order valence-corrected chi connectivity index (χ0v) is 13.1. The van der Waals surface area contributed by atoms with Gasteiger partial charge in [0.2, 0.25) is 0 Å². The van der Waals surface area contributed by atoms with E-state index in [1.54, 1.807) is 24.3 Å². The molecule has 1 N–H and O–H groups in total. The second-order valence-corrected chi connectivity index (χ2v) is 5.58. The second-order valence-electron chi connectivity index (χ2n) is 4.30. The van der Waals surface area contributed by atoms with Gasteiger partial charge in [0.15, 0.2) is 11.5 Å². The molecule has 1 aliphatic rings. The molecule has 2 aromatic rings. The molecule has 0 atom stereocenters. The zero-order valence-electron chi connectivity index (χ0n) is 10.7. The Morgan fingerprint density at radius 1 is 1.24 bits per heavy atom. The molecule has 1 aliphatic heterocycles. The number of carbonyl (C=O) groups is 1. The number of halogens is 2. The highest BCUT2D eigenvalue weighted by molar-refractivity contribution is 9.10. The van der Waals surface area contributed by atoms with Gasteiger partial charge in [0.25, 0.3) is 5.91 Å². The monoisotopic (exact) mass is 368 g/mol. The molecular formula is C14H10BrClN2O3. The van der Waals surface area contributed by atoms with Crippen LogP contribution in [-0.4, -0.2) is 24.1 Å². The molecule has 1 aromatic carbocycles. The van der Waals surface area contributed by atoms with Crippen molar-refractivity contribution in [1.82, 2.24) is 4.98 Å².